The molecule has 2 aromatic carbocycles. The second kappa shape index (κ2) is 7.14. The standard InChI is InChI=1S/C27H27N5O2/c28-12-16-9-15-10-23(15)31(16)26(33)22(29)14-30-13-17-11-24(30)27(34)32(17)25-20-7-3-1-5-18(20)19-6-2-4-8-21(19)25/h1-8,15-17,22-25H,9-11,13-14,29H2/t15?,16-,17-,22-,23-,24-/m0/s1. The molecule has 7 nitrogen and oxygen atoms in total. The van der Waals surface area contributed by atoms with Crippen LogP contribution in [0.15, 0.2) is 48.5 Å². The Morgan fingerprint density at radius 1 is 1.06 bits per heavy atom. The van der Waals surface area contributed by atoms with Gasteiger partial charge in [0.05, 0.1) is 24.2 Å². The normalized spacial score (nSPS) is 31.9. The lowest BCUT2D eigenvalue weighted by Gasteiger charge is -2.39. The summed E-state index contributed by atoms with van der Waals surface area (Å²) in [6, 6.07) is 18.0. The van der Waals surface area contributed by atoms with Crippen molar-refractivity contribution >= 4 is 11.8 Å². The minimum Gasteiger partial charge on any atom is -0.326 e. The molecule has 2 aliphatic carbocycles. The number of nitrogens with zero attached hydrogens (tertiary/aromatic N) is 4. The zero-order valence-corrected chi connectivity index (χ0v) is 18.9. The zero-order valence-electron chi connectivity index (χ0n) is 18.9. The number of hydrogen-bond donors (Lipinski definition) is 1. The molecule has 34 heavy (non-hydrogen) atoms. The quantitative estimate of drug-likeness (QED) is 0.763. The highest BCUT2D eigenvalue weighted by Gasteiger charge is 2.56. The number of carbonyl (C=O) groups excluding carboxylic acids is 2. The number of piperidine rings is 1. The Balaban J connectivity index is 1.10. The van der Waals surface area contributed by atoms with E-state index in [1.54, 1.807) is 4.90 Å². The van der Waals surface area contributed by atoms with Crippen molar-refractivity contribution < 1.29 is 9.59 Å². The number of benzene rings is 2. The molecule has 0 aromatic heterocycles. The lowest BCUT2D eigenvalue weighted by molar-refractivity contribution is -0.140. The third-order valence-corrected chi connectivity index (χ3v) is 8.65. The third kappa shape index (κ3) is 2.70. The summed E-state index contributed by atoms with van der Waals surface area (Å²) in [4.78, 5) is 32.7. The molecule has 5 aliphatic rings. The van der Waals surface area contributed by atoms with E-state index in [1.165, 1.54) is 22.3 Å². The zero-order chi connectivity index (χ0) is 23.1. The highest BCUT2D eigenvalue weighted by Crippen LogP contribution is 2.50. The third-order valence-electron chi connectivity index (χ3n) is 8.65. The molecule has 1 saturated carbocycles. The van der Waals surface area contributed by atoms with E-state index in [-0.39, 0.29) is 42.0 Å². The summed E-state index contributed by atoms with van der Waals surface area (Å²) >= 11 is 0. The van der Waals surface area contributed by atoms with E-state index in [9.17, 15) is 14.9 Å². The van der Waals surface area contributed by atoms with Crippen molar-refractivity contribution in [2.45, 2.75) is 55.5 Å². The van der Waals surface area contributed by atoms with E-state index in [0.29, 0.717) is 12.5 Å². The van der Waals surface area contributed by atoms with E-state index in [4.69, 9.17) is 5.73 Å². The number of piperazine rings is 1. The van der Waals surface area contributed by atoms with Gasteiger partial charge in [0.25, 0.3) is 0 Å². The van der Waals surface area contributed by atoms with E-state index in [2.05, 4.69) is 52.3 Å². The molecule has 2 amide bonds. The first kappa shape index (κ1) is 20.2. The molecule has 2 bridgehead atoms. The molecule has 0 spiro atoms. The SMILES string of the molecule is N#C[C@@H]1CC2C[C@@H]2N1C(=O)[C@@H](N)CN1C[C@@H]2C[C@H]1C(=O)N2C1c2ccccc2-c2ccccc21. The van der Waals surface area contributed by atoms with Crippen LogP contribution in [0.3, 0.4) is 0 Å². The van der Waals surface area contributed by atoms with Crippen molar-refractivity contribution in [3.05, 3.63) is 59.7 Å². The maximum atomic E-state index is 13.7. The summed E-state index contributed by atoms with van der Waals surface area (Å²) in [5.41, 5.74) is 11.2. The number of fused-ring (bicyclic) bond motifs is 6. The van der Waals surface area contributed by atoms with Crippen LogP contribution in [0.25, 0.3) is 11.1 Å². The topological polar surface area (TPSA) is 93.7 Å². The summed E-state index contributed by atoms with van der Waals surface area (Å²) in [7, 11) is 0. The highest BCUT2D eigenvalue weighted by molar-refractivity contribution is 5.89. The van der Waals surface area contributed by atoms with Crippen LogP contribution in [0, 0.1) is 17.2 Å². The van der Waals surface area contributed by atoms with Gasteiger partial charge in [-0.1, -0.05) is 48.5 Å². The molecule has 6 atom stereocenters. The molecular formula is C27H27N5O2. The van der Waals surface area contributed by atoms with Crippen molar-refractivity contribution in [2.75, 3.05) is 13.1 Å². The number of nitriles is 1. The number of nitrogens with two attached hydrogens (primary N) is 1. The Kier molecular flexibility index (Phi) is 4.24. The van der Waals surface area contributed by atoms with Gasteiger partial charge in [0, 0.05) is 25.2 Å². The minimum absolute atomic E-state index is 0.0554. The highest BCUT2D eigenvalue weighted by atomic mass is 16.2. The Bertz CT molecular complexity index is 1210. The maximum absolute atomic E-state index is 13.7. The van der Waals surface area contributed by atoms with Crippen LogP contribution in [-0.4, -0.2) is 69.8 Å². The summed E-state index contributed by atoms with van der Waals surface area (Å²) in [5, 5.41) is 9.44. The lowest BCUT2D eigenvalue weighted by Crippen LogP contribution is -2.57. The van der Waals surface area contributed by atoms with Crippen LogP contribution in [0.1, 0.15) is 36.4 Å². The molecule has 2 N–H and O–H groups in total. The molecule has 172 valence electrons. The largest absolute Gasteiger partial charge is 0.326 e. The predicted octanol–water partition coefficient (Wildman–Crippen LogP) is 1.88. The first-order valence-corrected chi connectivity index (χ1v) is 12.3. The van der Waals surface area contributed by atoms with Gasteiger partial charge in [0.2, 0.25) is 11.8 Å². The fourth-order valence-corrected chi connectivity index (χ4v) is 7.07. The predicted molar refractivity (Wildman–Crippen MR) is 125 cm³/mol. The van der Waals surface area contributed by atoms with Crippen LogP contribution in [0.2, 0.25) is 0 Å². The Morgan fingerprint density at radius 3 is 2.38 bits per heavy atom. The first-order chi connectivity index (χ1) is 16.6. The summed E-state index contributed by atoms with van der Waals surface area (Å²) < 4.78 is 0. The van der Waals surface area contributed by atoms with Crippen molar-refractivity contribution in [2.24, 2.45) is 11.7 Å². The van der Waals surface area contributed by atoms with E-state index in [0.717, 1.165) is 25.8 Å². The fraction of sp³-hybridized carbons (Fsp3) is 0.444. The van der Waals surface area contributed by atoms with Gasteiger partial charge in [0.15, 0.2) is 0 Å². The van der Waals surface area contributed by atoms with Crippen LogP contribution in [0.4, 0.5) is 0 Å². The molecule has 2 aromatic rings. The van der Waals surface area contributed by atoms with E-state index < -0.39 is 6.04 Å². The van der Waals surface area contributed by atoms with Crippen LogP contribution < -0.4 is 5.73 Å². The molecule has 3 saturated heterocycles. The van der Waals surface area contributed by atoms with Gasteiger partial charge in [-0.2, -0.15) is 5.26 Å². The number of amides is 2. The Morgan fingerprint density at radius 2 is 1.74 bits per heavy atom. The second-order valence-electron chi connectivity index (χ2n) is 10.5. The van der Waals surface area contributed by atoms with Gasteiger partial charge in [0.1, 0.15) is 6.04 Å². The molecule has 7 rings (SSSR count). The summed E-state index contributed by atoms with van der Waals surface area (Å²) in [6.45, 7) is 1.09. The average molecular weight is 454 g/mol. The van der Waals surface area contributed by atoms with Crippen molar-refractivity contribution in [1.82, 2.24) is 14.7 Å². The monoisotopic (exact) mass is 453 g/mol. The second-order valence-corrected chi connectivity index (χ2v) is 10.5. The molecule has 0 radical (unpaired) electrons. The number of likely N-dealkylation sites (tertiary alicyclic amines) is 3. The summed E-state index contributed by atoms with van der Waals surface area (Å²) in [5.74, 6) is 0.462. The lowest BCUT2D eigenvalue weighted by atomic mass is 10.0. The van der Waals surface area contributed by atoms with Crippen LogP contribution in [-0.2, 0) is 9.59 Å². The van der Waals surface area contributed by atoms with Gasteiger partial charge in [-0.15, -0.1) is 0 Å². The molecule has 3 heterocycles. The summed E-state index contributed by atoms with van der Waals surface area (Å²) in [6.07, 6.45) is 2.53. The van der Waals surface area contributed by atoms with Gasteiger partial charge >= 0.3 is 0 Å². The van der Waals surface area contributed by atoms with Gasteiger partial charge < -0.3 is 15.5 Å². The fourth-order valence-electron chi connectivity index (χ4n) is 7.07. The van der Waals surface area contributed by atoms with Gasteiger partial charge in [-0.25, -0.2) is 0 Å². The van der Waals surface area contributed by atoms with Crippen LogP contribution in [0.5, 0.6) is 0 Å². The van der Waals surface area contributed by atoms with E-state index >= 15 is 0 Å². The molecular weight excluding hydrogens is 426 g/mol. The Labute approximate surface area is 198 Å². The molecule has 7 heteroatoms. The molecule has 3 aliphatic heterocycles. The van der Waals surface area contributed by atoms with Crippen molar-refractivity contribution in [3.8, 4) is 17.2 Å². The van der Waals surface area contributed by atoms with Crippen molar-refractivity contribution in [3.63, 3.8) is 0 Å². The number of rotatable bonds is 4. The van der Waals surface area contributed by atoms with E-state index in [1.807, 2.05) is 12.1 Å². The van der Waals surface area contributed by atoms with Gasteiger partial charge in [-0.3, -0.25) is 14.5 Å². The molecule has 4 fully saturated rings. The van der Waals surface area contributed by atoms with Crippen LogP contribution >= 0.6 is 0 Å². The number of carbonyl (C=O) groups is 2. The Hall–Kier alpha value is -3.21. The average Bonchev–Trinajstić information content (AvgIpc) is 3.15. The minimum atomic E-state index is -0.705. The smallest absolute Gasteiger partial charge is 0.242 e. The van der Waals surface area contributed by atoms with Crippen molar-refractivity contribution in [1.29, 1.82) is 5.26 Å². The van der Waals surface area contributed by atoms with Gasteiger partial charge in [-0.05, 0) is 47.4 Å². The first-order valence-electron chi connectivity index (χ1n) is 12.3. The number of hydrogen-bond acceptors (Lipinski definition) is 5. The molecule has 1 unspecified atom stereocenters. The maximum Gasteiger partial charge on any atom is 0.242 e.